The molecule has 3 rings (SSSR count). The van der Waals surface area contributed by atoms with Gasteiger partial charge < -0.3 is 10.1 Å². The summed E-state index contributed by atoms with van der Waals surface area (Å²) < 4.78 is 31.6. The number of hydrogen-bond acceptors (Lipinski definition) is 5. The molecule has 0 fully saturated rings. The number of hydrogen-bond donors (Lipinski definition) is 1. The van der Waals surface area contributed by atoms with Crippen LogP contribution in [0.25, 0.3) is 0 Å². The Morgan fingerprint density at radius 3 is 2.03 bits per heavy atom. The minimum Gasteiger partial charge on any atom is -0.466 e. The lowest BCUT2D eigenvalue weighted by Crippen LogP contribution is -2.26. The lowest BCUT2D eigenvalue weighted by molar-refractivity contribution is -0.142. The van der Waals surface area contributed by atoms with Gasteiger partial charge in [0.1, 0.15) is 0 Å². The van der Waals surface area contributed by atoms with E-state index >= 15 is 0 Å². The van der Waals surface area contributed by atoms with Crippen LogP contribution in [0.4, 0.5) is 11.4 Å². The SMILES string of the molecule is CCOC(=O)Cc1ccc(NC(=O)Cc2ccc(N(C)S(=O)(=O)c3ccccc3)cc2)cc1. The van der Waals surface area contributed by atoms with Crippen LogP contribution in [-0.2, 0) is 37.2 Å². The molecule has 0 aliphatic rings. The van der Waals surface area contributed by atoms with Crippen LogP contribution in [0.3, 0.4) is 0 Å². The highest BCUT2D eigenvalue weighted by Gasteiger charge is 2.20. The summed E-state index contributed by atoms with van der Waals surface area (Å²) in [6, 6.07) is 22.0. The largest absolute Gasteiger partial charge is 0.466 e. The van der Waals surface area contributed by atoms with Crippen molar-refractivity contribution in [3.05, 3.63) is 90.0 Å². The number of sulfonamides is 1. The highest BCUT2D eigenvalue weighted by atomic mass is 32.2. The molecule has 7 nitrogen and oxygen atoms in total. The van der Waals surface area contributed by atoms with Gasteiger partial charge in [-0.15, -0.1) is 0 Å². The highest BCUT2D eigenvalue weighted by molar-refractivity contribution is 7.92. The molecular formula is C25H26N2O5S. The fraction of sp³-hybridized carbons (Fsp3) is 0.200. The zero-order valence-corrected chi connectivity index (χ0v) is 19.3. The molecule has 8 heteroatoms. The number of benzene rings is 3. The van der Waals surface area contributed by atoms with Crippen molar-refractivity contribution in [3.8, 4) is 0 Å². The van der Waals surface area contributed by atoms with Gasteiger partial charge >= 0.3 is 5.97 Å². The van der Waals surface area contributed by atoms with Crippen molar-refractivity contribution in [2.45, 2.75) is 24.7 Å². The van der Waals surface area contributed by atoms with Crippen molar-refractivity contribution in [1.82, 2.24) is 0 Å². The maximum Gasteiger partial charge on any atom is 0.310 e. The zero-order chi connectivity index (χ0) is 23.8. The Kier molecular flexibility index (Phi) is 7.84. The molecule has 1 N–H and O–H groups in total. The molecule has 33 heavy (non-hydrogen) atoms. The lowest BCUT2D eigenvalue weighted by atomic mass is 10.1. The number of ether oxygens (including phenoxy) is 1. The number of carbonyl (C=O) groups is 2. The summed E-state index contributed by atoms with van der Waals surface area (Å²) in [6.07, 6.45) is 0.322. The minimum absolute atomic E-state index is 0.139. The first kappa shape index (κ1) is 24.0. The van der Waals surface area contributed by atoms with Crippen molar-refractivity contribution in [1.29, 1.82) is 0 Å². The molecule has 0 unspecified atom stereocenters. The molecular weight excluding hydrogens is 440 g/mol. The Balaban J connectivity index is 1.58. The monoisotopic (exact) mass is 466 g/mol. The van der Waals surface area contributed by atoms with Crippen molar-refractivity contribution in [3.63, 3.8) is 0 Å². The van der Waals surface area contributed by atoms with Gasteiger partial charge in [0.25, 0.3) is 10.0 Å². The van der Waals surface area contributed by atoms with Gasteiger partial charge in [0.05, 0.1) is 30.0 Å². The third kappa shape index (κ3) is 6.43. The summed E-state index contributed by atoms with van der Waals surface area (Å²) >= 11 is 0. The quantitative estimate of drug-likeness (QED) is 0.484. The fourth-order valence-electron chi connectivity index (χ4n) is 3.19. The molecule has 0 aromatic heterocycles. The van der Waals surface area contributed by atoms with Gasteiger partial charge in [-0.25, -0.2) is 8.42 Å². The van der Waals surface area contributed by atoms with E-state index in [2.05, 4.69) is 5.32 Å². The summed E-state index contributed by atoms with van der Waals surface area (Å²) in [5.41, 5.74) is 2.68. The first-order valence-corrected chi connectivity index (χ1v) is 11.9. The summed E-state index contributed by atoms with van der Waals surface area (Å²) in [6.45, 7) is 2.10. The molecule has 0 saturated heterocycles. The van der Waals surface area contributed by atoms with Gasteiger partial charge in [0.15, 0.2) is 0 Å². The Morgan fingerprint density at radius 1 is 0.848 bits per heavy atom. The van der Waals surface area contributed by atoms with Crippen LogP contribution in [0.5, 0.6) is 0 Å². The Labute approximate surface area is 194 Å². The summed E-state index contributed by atoms with van der Waals surface area (Å²) in [4.78, 5) is 24.2. The third-order valence-electron chi connectivity index (χ3n) is 4.96. The Morgan fingerprint density at radius 2 is 1.42 bits per heavy atom. The number of amides is 1. The molecule has 1 amide bonds. The van der Waals surface area contributed by atoms with E-state index < -0.39 is 10.0 Å². The molecule has 0 saturated carbocycles. The maximum atomic E-state index is 12.8. The average Bonchev–Trinajstić information content (AvgIpc) is 2.81. The molecule has 172 valence electrons. The van der Waals surface area contributed by atoms with E-state index in [0.717, 1.165) is 11.1 Å². The smallest absolute Gasteiger partial charge is 0.310 e. The fourth-order valence-corrected chi connectivity index (χ4v) is 4.40. The first-order chi connectivity index (χ1) is 15.8. The second kappa shape index (κ2) is 10.8. The van der Waals surface area contributed by atoms with Crippen molar-refractivity contribution in [2.75, 3.05) is 23.3 Å². The second-order valence-corrected chi connectivity index (χ2v) is 9.32. The van der Waals surface area contributed by atoms with E-state index in [9.17, 15) is 18.0 Å². The first-order valence-electron chi connectivity index (χ1n) is 10.5. The summed E-state index contributed by atoms with van der Waals surface area (Å²) in [5.74, 6) is -0.494. The molecule has 0 atom stereocenters. The molecule has 3 aromatic carbocycles. The number of nitrogens with zero attached hydrogens (tertiary/aromatic N) is 1. The second-order valence-electron chi connectivity index (χ2n) is 7.36. The van der Waals surface area contributed by atoms with Crippen LogP contribution < -0.4 is 9.62 Å². The van der Waals surface area contributed by atoms with Crippen LogP contribution in [0.15, 0.2) is 83.8 Å². The van der Waals surface area contributed by atoms with E-state index in [1.807, 2.05) is 0 Å². The van der Waals surface area contributed by atoms with Crippen molar-refractivity contribution in [2.24, 2.45) is 0 Å². The molecule has 0 heterocycles. The van der Waals surface area contributed by atoms with E-state index in [1.54, 1.807) is 85.8 Å². The standard InChI is InChI=1S/C25H26N2O5S/c1-3-32-25(29)18-20-9-13-21(14-10-20)26-24(28)17-19-11-15-22(16-12-19)27(2)33(30,31)23-7-5-4-6-8-23/h4-16H,3,17-18H2,1-2H3,(H,26,28). The van der Waals surface area contributed by atoms with Gasteiger partial charge in [-0.05, 0) is 54.4 Å². The summed E-state index contributed by atoms with van der Waals surface area (Å²) in [5, 5.41) is 2.82. The minimum atomic E-state index is -3.66. The van der Waals surface area contributed by atoms with Gasteiger partial charge in [-0.3, -0.25) is 13.9 Å². The number of anilines is 2. The number of nitrogens with one attached hydrogen (secondary N) is 1. The van der Waals surface area contributed by atoms with Crippen LogP contribution >= 0.6 is 0 Å². The van der Waals surface area contributed by atoms with Gasteiger partial charge in [0.2, 0.25) is 5.91 Å². The number of carbonyl (C=O) groups excluding carboxylic acids is 2. The van der Waals surface area contributed by atoms with Crippen molar-refractivity contribution >= 4 is 33.3 Å². The predicted octanol–water partition coefficient (Wildman–Crippen LogP) is 3.80. The molecule has 0 spiro atoms. The van der Waals surface area contributed by atoms with E-state index in [1.165, 1.54) is 11.4 Å². The van der Waals surface area contributed by atoms with E-state index in [0.29, 0.717) is 18.0 Å². The molecule has 0 bridgehead atoms. The highest BCUT2D eigenvalue weighted by Crippen LogP contribution is 2.22. The molecule has 3 aromatic rings. The van der Waals surface area contributed by atoms with Crippen LogP contribution in [0.2, 0.25) is 0 Å². The zero-order valence-electron chi connectivity index (χ0n) is 18.5. The third-order valence-corrected chi connectivity index (χ3v) is 6.76. The predicted molar refractivity (Wildman–Crippen MR) is 128 cm³/mol. The lowest BCUT2D eigenvalue weighted by Gasteiger charge is -2.19. The van der Waals surface area contributed by atoms with Crippen LogP contribution in [-0.4, -0.2) is 33.9 Å². The number of esters is 1. The van der Waals surface area contributed by atoms with Gasteiger partial charge in [-0.2, -0.15) is 0 Å². The average molecular weight is 467 g/mol. The molecule has 0 aliphatic carbocycles. The van der Waals surface area contributed by atoms with Crippen molar-refractivity contribution < 1.29 is 22.7 Å². The van der Waals surface area contributed by atoms with Gasteiger partial charge in [0, 0.05) is 12.7 Å². The van der Waals surface area contributed by atoms with E-state index in [-0.39, 0.29) is 29.6 Å². The van der Waals surface area contributed by atoms with Gasteiger partial charge in [-0.1, -0.05) is 42.5 Å². The van der Waals surface area contributed by atoms with Crippen LogP contribution in [0.1, 0.15) is 18.1 Å². The van der Waals surface area contributed by atoms with Crippen LogP contribution in [0, 0.1) is 0 Å². The van der Waals surface area contributed by atoms with E-state index in [4.69, 9.17) is 4.74 Å². The Hall–Kier alpha value is -3.65. The summed E-state index contributed by atoms with van der Waals surface area (Å²) in [7, 11) is -2.16. The topological polar surface area (TPSA) is 92.8 Å². The number of rotatable bonds is 9. The normalized spacial score (nSPS) is 11.0. The maximum absolute atomic E-state index is 12.8. The Bertz CT molecular complexity index is 1190. The molecule has 0 aliphatic heterocycles. The molecule has 0 radical (unpaired) electrons.